The first-order valence-electron chi connectivity index (χ1n) is 44.2. The lowest BCUT2D eigenvalue weighted by molar-refractivity contribution is -0.143. The minimum Gasteiger partial charge on any atom is -0.466 e. The zero-order valence-electron chi connectivity index (χ0n) is 65.4. The van der Waals surface area contributed by atoms with Crippen LogP contribution in [0.5, 0.6) is 0 Å². The molecule has 2 unspecified atom stereocenters. The summed E-state index contributed by atoms with van der Waals surface area (Å²) in [6.07, 6.45) is 113. The average Bonchev–Trinajstić information content (AvgIpc) is 2.81. The van der Waals surface area contributed by atoms with E-state index in [1.54, 1.807) is 0 Å². The molecular formula is C90H173NO5. The number of aliphatic hydroxyl groups is 2. The second-order valence-electron chi connectivity index (χ2n) is 30.6. The summed E-state index contributed by atoms with van der Waals surface area (Å²) in [5, 5.41) is 23.5. The van der Waals surface area contributed by atoms with Crippen molar-refractivity contribution in [2.45, 2.75) is 514 Å². The molecule has 0 aliphatic heterocycles. The summed E-state index contributed by atoms with van der Waals surface area (Å²) < 4.78 is 5.51. The Labute approximate surface area is 602 Å². The predicted molar refractivity (Wildman–Crippen MR) is 426 cm³/mol. The maximum Gasteiger partial charge on any atom is 0.305 e. The van der Waals surface area contributed by atoms with Crippen molar-refractivity contribution in [2.24, 2.45) is 0 Å². The fourth-order valence-corrected chi connectivity index (χ4v) is 14.2. The highest BCUT2D eigenvalue weighted by atomic mass is 16.5. The second-order valence-corrected chi connectivity index (χ2v) is 30.6. The fourth-order valence-electron chi connectivity index (χ4n) is 14.2. The Bertz CT molecular complexity index is 1560. The number of carbonyl (C=O) groups excluding carboxylic acids is 2. The summed E-state index contributed by atoms with van der Waals surface area (Å²) in [5.74, 6) is -0.0101. The minimum absolute atomic E-state index is 0.0146. The van der Waals surface area contributed by atoms with E-state index in [-0.39, 0.29) is 18.5 Å². The van der Waals surface area contributed by atoms with Gasteiger partial charge in [-0.25, -0.2) is 0 Å². The van der Waals surface area contributed by atoms with Crippen molar-refractivity contribution >= 4 is 11.9 Å². The van der Waals surface area contributed by atoms with Gasteiger partial charge in [0.1, 0.15) is 0 Å². The monoisotopic (exact) mass is 1350 g/mol. The molecule has 6 nitrogen and oxygen atoms in total. The van der Waals surface area contributed by atoms with Crippen LogP contribution in [0.25, 0.3) is 0 Å². The van der Waals surface area contributed by atoms with E-state index in [1.807, 2.05) is 0 Å². The van der Waals surface area contributed by atoms with Gasteiger partial charge in [-0.15, -0.1) is 0 Å². The van der Waals surface area contributed by atoms with Crippen molar-refractivity contribution in [3.63, 3.8) is 0 Å². The molecule has 0 heterocycles. The highest BCUT2D eigenvalue weighted by Crippen LogP contribution is 2.21. The Morgan fingerprint density at radius 2 is 0.521 bits per heavy atom. The molecule has 0 aromatic heterocycles. The molecule has 568 valence electrons. The number of unbranched alkanes of at least 4 members (excludes halogenated alkanes) is 67. The van der Waals surface area contributed by atoms with Gasteiger partial charge in [-0.1, -0.05) is 442 Å². The summed E-state index contributed by atoms with van der Waals surface area (Å²) in [4.78, 5) is 24.7. The molecule has 0 rings (SSSR count). The van der Waals surface area contributed by atoms with Crippen LogP contribution < -0.4 is 5.32 Å². The van der Waals surface area contributed by atoms with Gasteiger partial charge in [0.25, 0.3) is 0 Å². The topological polar surface area (TPSA) is 95.9 Å². The number of nitrogens with one attached hydrogen (secondary N) is 1. The maximum atomic E-state index is 12.6. The highest BCUT2D eigenvalue weighted by Gasteiger charge is 2.20. The van der Waals surface area contributed by atoms with Gasteiger partial charge in [0, 0.05) is 12.8 Å². The van der Waals surface area contributed by atoms with Gasteiger partial charge in [0.15, 0.2) is 0 Å². The lowest BCUT2D eigenvalue weighted by atomic mass is 10.0. The lowest BCUT2D eigenvalue weighted by Gasteiger charge is -2.22. The number of allylic oxidation sites excluding steroid dienone is 6. The Balaban J connectivity index is 3.34. The smallest absolute Gasteiger partial charge is 0.305 e. The van der Waals surface area contributed by atoms with Gasteiger partial charge in [0.2, 0.25) is 5.91 Å². The van der Waals surface area contributed by atoms with Crippen molar-refractivity contribution in [2.75, 3.05) is 13.2 Å². The van der Waals surface area contributed by atoms with E-state index in [0.29, 0.717) is 25.9 Å². The molecule has 0 aliphatic carbocycles. The molecule has 0 saturated carbocycles. The number of carbonyl (C=O) groups is 2. The molecule has 2 atom stereocenters. The number of rotatable bonds is 84. The van der Waals surface area contributed by atoms with Gasteiger partial charge >= 0.3 is 5.97 Å². The van der Waals surface area contributed by atoms with Crippen molar-refractivity contribution < 1.29 is 24.5 Å². The van der Waals surface area contributed by atoms with Gasteiger partial charge in [-0.05, 0) is 83.5 Å². The van der Waals surface area contributed by atoms with Crippen molar-refractivity contribution in [3.05, 3.63) is 36.5 Å². The summed E-state index contributed by atoms with van der Waals surface area (Å²) in [6.45, 7) is 4.98. The molecule has 0 aliphatic rings. The molecule has 0 radical (unpaired) electrons. The molecule has 6 heteroatoms. The molecule has 0 aromatic rings. The normalized spacial score (nSPS) is 12.6. The van der Waals surface area contributed by atoms with Crippen LogP contribution in [0.1, 0.15) is 502 Å². The molecule has 1 amide bonds. The van der Waals surface area contributed by atoms with Gasteiger partial charge in [-0.3, -0.25) is 9.59 Å². The third kappa shape index (κ3) is 81.0. The van der Waals surface area contributed by atoms with Crippen molar-refractivity contribution in [1.82, 2.24) is 5.32 Å². The third-order valence-electron chi connectivity index (χ3n) is 20.9. The molecule has 0 aromatic carbocycles. The summed E-state index contributed by atoms with van der Waals surface area (Å²) >= 11 is 0. The van der Waals surface area contributed by atoms with Crippen LogP contribution in [-0.4, -0.2) is 47.4 Å². The zero-order chi connectivity index (χ0) is 69.1. The Morgan fingerprint density at radius 3 is 0.823 bits per heavy atom. The highest BCUT2D eigenvalue weighted by molar-refractivity contribution is 5.76. The molecule has 0 fully saturated rings. The lowest BCUT2D eigenvalue weighted by Crippen LogP contribution is -2.45. The van der Waals surface area contributed by atoms with Crippen LogP contribution in [-0.2, 0) is 14.3 Å². The van der Waals surface area contributed by atoms with E-state index in [1.165, 1.54) is 417 Å². The predicted octanol–water partition coefficient (Wildman–Crippen LogP) is 29.7. The number of ether oxygens (including phenoxy) is 1. The minimum atomic E-state index is -0.663. The largest absolute Gasteiger partial charge is 0.466 e. The molecular weight excluding hydrogens is 1170 g/mol. The first kappa shape index (κ1) is 94.1. The number of aliphatic hydroxyl groups excluding tert-OH is 2. The van der Waals surface area contributed by atoms with Crippen molar-refractivity contribution in [1.29, 1.82) is 0 Å². The molecule has 96 heavy (non-hydrogen) atoms. The SMILES string of the molecule is CCCCC/C=C\C/C=C\CCCCCCCCCC(=O)OCCCCCCCCCCCCCCCCCC/C=C\CCCCCCCCCCCCCCCCCCCC(=O)NC(CO)C(O)CCCCCCCCCCCCCCCCCCCCCCCCCCC. The van der Waals surface area contributed by atoms with Gasteiger partial charge in [-0.2, -0.15) is 0 Å². The first-order valence-corrected chi connectivity index (χ1v) is 44.2. The van der Waals surface area contributed by atoms with Crippen LogP contribution in [0.4, 0.5) is 0 Å². The van der Waals surface area contributed by atoms with Crippen LogP contribution in [0.15, 0.2) is 36.5 Å². The Morgan fingerprint density at radius 1 is 0.292 bits per heavy atom. The zero-order valence-corrected chi connectivity index (χ0v) is 65.4. The summed E-state index contributed by atoms with van der Waals surface area (Å²) in [6, 6.07) is -0.540. The third-order valence-corrected chi connectivity index (χ3v) is 20.9. The molecule has 3 N–H and O–H groups in total. The van der Waals surface area contributed by atoms with Gasteiger partial charge < -0.3 is 20.3 Å². The first-order chi connectivity index (χ1) is 47.5. The molecule has 0 bridgehead atoms. The number of hydrogen-bond acceptors (Lipinski definition) is 5. The van der Waals surface area contributed by atoms with Crippen molar-refractivity contribution in [3.8, 4) is 0 Å². The van der Waals surface area contributed by atoms with E-state index in [0.717, 1.165) is 51.4 Å². The van der Waals surface area contributed by atoms with E-state index < -0.39 is 12.1 Å². The quantitative estimate of drug-likeness (QED) is 0.0320. The summed E-state index contributed by atoms with van der Waals surface area (Å²) in [7, 11) is 0. The summed E-state index contributed by atoms with van der Waals surface area (Å²) in [5.41, 5.74) is 0. The number of esters is 1. The second kappa shape index (κ2) is 85.5. The Kier molecular flexibility index (Phi) is 83.8. The van der Waals surface area contributed by atoms with E-state index in [2.05, 4.69) is 55.6 Å². The van der Waals surface area contributed by atoms with Crippen LogP contribution >= 0.6 is 0 Å². The molecule has 0 spiro atoms. The number of amides is 1. The number of hydrogen-bond donors (Lipinski definition) is 3. The van der Waals surface area contributed by atoms with E-state index >= 15 is 0 Å². The van der Waals surface area contributed by atoms with Crippen LogP contribution in [0.3, 0.4) is 0 Å². The van der Waals surface area contributed by atoms with Gasteiger partial charge in [0.05, 0.1) is 25.4 Å². The standard InChI is InChI=1S/C90H173NO5/c1-3-5-7-9-11-13-15-17-19-21-22-23-24-38-41-44-47-51-54-58-62-66-70-74-78-82-88(93)87(86-92)91-89(94)83-79-75-71-67-63-59-55-52-48-45-42-39-36-34-32-30-28-26-25-27-29-31-33-35-37-40-43-46-49-53-57-61-65-69-73-77-81-85-96-90(95)84-80-76-72-68-64-60-56-50-20-18-16-14-12-10-8-6-4-2/h12,14,18,20,25,27,87-88,92-93H,3-11,13,15-17,19,21-24,26,28-86H2,1-2H3,(H,91,94)/b14-12-,20-18-,27-25-. The molecule has 0 saturated heterocycles. The average molecular weight is 1350 g/mol. The Hall–Kier alpha value is -1.92. The maximum absolute atomic E-state index is 12.6. The van der Waals surface area contributed by atoms with E-state index in [4.69, 9.17) is 4.74 Å². The van der Waals surface area contributed by atoms with Crippen LogP contribution in [0, 0.1) is 0 Å². The fraction of sp³-hybridized carbons (Fsp3) is 0.911. The van der Waals surface area contributed by atoms with E-state index in [9.17, 15) is 19.8 Å². The van der Waals surface area contributed by atoms with Crippen LogP contribution in [0.2, 0.25) is 0 Å².